The van der Waals surface area contributed by atoms with Crippen LogP contribution in [0.3, 0.4) is 0 Å². The molecule has 1 atom stereocenters. The Morgan fingerprint density at radius 3 is 2.89 bits per heavy atom. The number of benzene rings is 1. The highest BCUT2D eigenvalue weighted by Crippen LogP contribution is 2.28. The molecule has 1 aromatic carbocycles. The molecule has 1 aliphatic rings. The number of likely N-dealkylation sites (N-methyl/N-ethyl adjacent to an activating group) is 1. The third-order valence-corrected chi connectivity index (χ3v) is 3.16. The number of ketones is 1. The van der Waals surface area contributed by atoms with Crippen LogP contribution < -0.4 is 10.2 Å². The molecule has 1 aliphatic heterocycles. The van der Waals surface area contributed by atoms with Gasteiger partial charge in [-0.1, -0.05) is 12.1 Å². The van der Waals surface area contributed by atoms with E-state index in [-0.39, 0.29) is 11.9 Å². The second-order valence-electron chi connectivity index (χ2n) is 5.04. The smallest absolute Gasteiger partial charge is 0.415 e. The van der Waals surface area contributed by atoms with Gasteiger partial charge >= 0.3 is 6.09 Å². The van der Waals surface area contributed by atoms with E-state index < -0.39 is 5.60 Å². The molecule has 5 nitrogen and oxygen atoms in total. The molecular weight excluding hydrogens is 244 g/mol. The molecule has 1 heterocycles. The number of Topliss-reactive ketones (excluding diaryl/α,β-unsaturated/α-hetero) is 1. The van der Waals surface area contributed by atoms with Crippen LogP contribution >= 0.6 is 0 Å². The number of nitrogens with one attached hydrogen (secondary N) is 1. The first-order valence-electron chi connectivity index (χ1n) is 6.21. The first-order valence-corrected chi connectivity index (χ1v) is 6.21. The van der Waals surface area contributed by atoms with Crippen molar-refractivity contribution >= 4 is 17.6 Å². The average molecular weight is 262 g/mol. The Hall–Kier alpha value is -1.88. The first kappa shape index (κ1) is 13.5. The summed E-state index contributed by atoms with van der Waals surface area (Å²) < 4.78 is 5.40. The number of amides is 1. The highest BCUT2D eigenvalue weighted by Gasteiger charge is 2.41. The standard InChI is InChI=1S/C14H18N2O3/c1-10(17)11-5-4-6-12(7-11)16-9-14(2,8-15-3)19-13(16)18/h4-7,15H,8-9H2,1-3H3. The van der Waals surface area contributed by atoms with E-state index in [1.165, 1.54) is 6.92 Å². The van der Waals surface area contributed by atoms with Gasteiger partial charge in [-0.15, -0.1) is 0 Å². The van der Waals surface area contributed by atoms with Crippen molar-refractivity contribution < 1.29 is 14.3 Å². The van der Waals surface area contributed by atoms with E-state index >= 15 is 0 Å². The molecule has 0 spiro atoms. The molecule has 2 rings (SSSR count). The second kappa shape index (κ2) is 5.01. The van der Waals surface area contributed by atoms with Crippen LogP contribution in [0.4, 0.5) is 10.5 Å². The number of nitrogens with zero attached hydrogens (tertiary/aromatic N) is 1. The van der Waals surface area contributed by atoms with Crippen LogP contribution in [0.25, 0.3) is 0 Å². The fourth-order valence-corrected chi connectivity index (χ4v) is 2.25. The van der Waals surface area contributed by atoms with Gasteiger partial charge in [0.1, 0.15) is 5.60 Å². The number of rotatable bonds is 4. The molecule has 1 saturated heterocycles. The van der Waals surface area contributed by atoms with Crippen LogP contribution in [0.2, 0.25) is 0 Å². The minimum atomic E-state index is -0.544. The summed E-state index contributed by atoms with van der Waals surface area (Å²) in [7, 11) is 1.82. The topological polar surface area (TPSA) is 58.6 Å². The maximum atomic E-state index is 11.9. The summed E-state index contributed by atoms with van der Waals surface area (Å²) in [6, 6.07) is 7.03. The van der Waals surface area contributed by atoms with Crippen LogP contribution in [-0.4, -0.2) is 37.6 Å². The molecular formula is C14H18N2O3. The fourth-order valence-electron chi connectivity index (χ4n) is 2.25. The zero-order chi connectivity index (χ0) is 14.0. The van der Waals surface area contributed by atoms with Crippen molar-refractivity contribution in [3.05, 3.63) is 29.8 Å². The molecule has 1 aromatic rings. The number of carbonyl (C=O) groups is 2. The quantitative estimate of drug-likeness (QED) is 0.841. The molecule has 0 aliphatic carbocycles. The van der Waals surface area contributed by atoms with Crippen molar-refractivity contribution in [1.82, 2.24) is 5.32 Å². The Morgan fingerprint density at radius 1 is 1.53 bits per heavy atom. The van der Waals surface area contributed by atoms with Crippen molar-refractivity contribution in [3.8, 4) is 0 Å². The normalized spacial score (nSPS) is 22.5. The number of hydrogen-bond acceptors (Lipinski definition) is 4. The van der Waals surface area contributed by atoms with Gasteiger partial charge in [-0.25, -0.2) is 4.79 Å². The number of ether oxygens (including phenoxy) is 1. The third kappa shape index (κ3) is 2.76. The SMILES string of the molecule is CNCC1(C)CN(c2cccc(C(C)=O)c2)C(=O)O1. The molecule has 1 fully saturated rings. The van der Waals surface area contributed by atoms with Crippen molar-refractivity contribution in [2.24, 2.45) is 0 Å². The van der Waals surface area contributed by atoms with E-state index in [2.05, 4.69) is 5.32 Å². The van der Waals surface area contributed by atoms with Crippen LogP contribution in [0, 0.1) is 0 Å². The Morgan fingerprint density at radius 2 is 2.26 bits per heavy atom. The molecule has 1 amide bonds. The molecule has 102 valence electrons. The van der Waals surface area contributed by atoms with Crippen LogP contribution in [0.5, 0.6) is 0 Å². The van der Waals surface area contributed by atoms with E-state index in [1.807, 2.05) is 14.0 Å². The average Bonchev–Trinajstić information content (AvgIpc) is 2.65. The molecule has 1 unspecified atom stereocenters. The summed E-state index contributed by atoms with van der Waals surface area (Å²) in [5.74, 6) is -0.0209. The van der Waals surface area contributed by atoms with Gasteiger partial charge in [-0.3, -0.25) is 9.69 Å². The number of cyclic esters (lactones) is 1. The van der Waals surface area contributed by atoms with Crippen molar-refractivity contribution in [1.29, 1.82) is 0 Å². The Kier molecular flexibility index (Phi) is 3.57. The highest BCUT2D eigenvalue weighted by molar-refractivity contribution is 5.97. The maximum Gasteiger partial charge on any atom is 0.415 e. The first-order chi connectivity index (χ1) is 8.95. The van der Waals surface area contributed by atoms with Gasteiger partial charge in [-0.05, 0) is 33.0 Å². The zero-order valence-electron chi connectivity index (χ0n) is 11.4. The van der Waals surface area contributed by atoms with E-state index in [1.54, 1.807) is 29.2 Å². The van der Waals surface area contributed by atoms with Crippen molar-refractivity contribution in [2.45, 2.75) is 19.4 Å². The summed E-state index contributed by atoms with van der Waals surface area (Å²) in [5.41, 5.74) is 0.739. The lowest BCUT2D eigenvalue weighted by atomic mass is 10.1. The minimum Gasteiger partial charge on any atom is -0.440 e. The van der Waals surface area contributed by atoms with Crippen LogP contribution in [0.1, 0.15) is 24.2 Å². The second-order valence-corrected chi connectivity index (χ2v) is 5.04. The third-order valence-electron chi connectivity index (χ3n) is 3.16. The van der Waals surface area contributed by atoms with Crippen LogP contribution in [-0.2, 0) is 4.74 Å². The van der Waals surface area contributed by atoms with Gasteiger partial charge in [0.2, 0.25) is 0 Å². The minimum absolute atomic E-state index is 0.0209. The molecule has 1 N–H and O–H groups in total. The Bertz CT molecular complexity index is 515. The monoisotopic (exact) mass is 262 g/mol. The van der Waals surface area contributed by atoms with E-state index in [0.29, 0.717) is 24.3 Å². The van der Waals surface area contributed by atoms with Crippen molar-refractivity contribution in [3.63, 3.8) is 0 Å². The Balaban J connectivity index is 2.25. The highest BCUT2D eigenvalue weighted by atomic mass is 16.6. The van der Waals surface area contributed by atoms with E-state index in [4.69, 9.17) is 4.74 Å². The van der Waals surface area contributed by atoms with Gasteiger partial charge in [0.15, 0.2) is 5.78 Å². The van der Waals surface area contributed by atoms with Gasteiger partial charge in [0.25, 0.3) is 0 Å². The summed E-state index contributed by atoms with van der Waals surface area (Å²) in [6.45, 7) is 4.44. The molecule has 0 radical (unpaired) electrons. The predicted octanol–water partition coefficient (Wildman–Crippen LogP) is 1.82. The molecule has 0 aromatic heterocycles. The lowest BCUT2D eigenvalue weighted by Crippen LogP contribution is -2.40. The van der Waals surface area contributed by atoms with Gasteiger partial charge in [-0.2, -0.15) is 0 Å². The Labute approximate surface area is 112 Å². The molecule has 0 bridgehead atoms. The predicted molar refractivity (Wildman–Crippen MR) is 72.6 cm³/mol. The van der Waals surface area contributed by atoms with Gasteiger partial charge in [0.05, 0.1) is 6.54 Å². The lowest BCUT2D eigenvalue weighted by Gasteiger charge is -2.21. The van der Waals surface area contributed by atoms with Crippen LogP contribution in [0.15, 0.2) is 24.3 Å². The van der Waals surface area contributed by atoms with E-state index in [0.717, 1.165) is 0 Å². The van der Waals surface area contributed by atoms with Crippen molar-refractivity contribution in [2.75, 3.05) is 25.0 Å². The summed E-state index contributed by atoms with van der Waals surface area (Å²) >= 11 is 0. The maximum absolute atomic E-state index is 11.9. The summed E-state index contributed by atoms with van der Waals surface area (Å²) in [4.78, 5) is 24.9. The van der Waals surface area contributed by atoms with Gasteiger partial charge in [0, 0.05) is 17.8 Å². The van der Waals surface area contributed by atoms with E-state index in [9.17, 15) is 9.59 Å². The summed E-state index contributed by atoms with van der Waals surface area (Å²) in [6.07, 6.45) is -0.376. The molecule has 19 heavy (non-hydrogen) atoms. The number of anilines is 1. The van der Waals surface area contributed by atoms with Gasteiger partial charge < -0.3 is 10.1 Å². The lowest BCUT2D eigenvalue weighted by molar-refractivity contribution is 0.0734. The number of hydrogen-bond donors (Lipinski definition) is 1. The fraction of sp³-hybridized carbons (Fsp3) is 0.429. The molecule has 0 saturated carbocycles. The zero-order valence-corrected chi connectivity index (χ0v) is 11.4. The summed E-state index contributed by atoms with van der Waals surface area (Å²) in [5, 5.41) is 3.01. The largest absolute Gasteiger partial charge is 0.440 e. The number of carbonyl (C=O) groups excluding carboxylic acids is 2. The molecule has 5 heteroatoms.